The van der Waals surface area contributed by atoms with Gasteiger partial charge in [-0.05, 0) is 13.0 Å². The number of thioether (sulfide) groups is 1. The number of nitrogens with zero attached hydrogens (tertiary/aromatic N) is 2. The van der Waals surface area contributed by atoms with Crippen LogP contribution in [0, 0.1) is 0 Å². The Morgan fingerprint density at radius 2 is 2.11 bits per heavy atom. The van der Waals surface area contributed by atoms with Gasteiger partial charge in [-0.15, -0.1) is 5.10 Å². The van der Waals surface area contributed by atoms with Crippen molar-refractivity contribution in [3.63, 3.8) is 0 Å². The molecule has 1 heterocycles. The maximum Gasteiger partial charge on any atom is 0.249 e. The number of nitrogens with two attached hydrogens (primary N) is 1. The van der Waals surface area contributed by atoms with E-state index in [2.05, 4.69) is 15.2 Å². The van der Waals surface area contributed by atoms with Gasteiger partial charge in [0.25, 0.3) is 0 Å². The number of amides is 1. The number of ketones is 1. The highest BCUT2D eigenvalue weighted by molar-refractivity contribution is 7.99. The van der Waals surface area contributed by atoms with E-state index in [9.17, 15) is 9.59 Å². The number of hydrogen-bond acceptors (Lipinski definition) is 5. The highest BCUT2D eigenvalue weighted by Crippen LogP contribution is 2.22. The van der Waals surface area contributed by atoms with E-state index in [1.54, 1.807) is 24.3 Å². The minimum atomic E-state index is -0.523. The lowest BCUT2D eigenvalue weighted by atomic mass is 10.1. The second kappa shape index (κ2) is 5.66. The fraction of sp³-hybridized carbons (Fsp3) is 0.167. The number of hydrogen-bond donors (Lipinski definition) is 2. The van der Waals surface area contributed by atoms with E-state index in [1.807, 2.05) is 0 Å². The molecule has 0 aliphatic rings. The quantitative estimate of drug-likeness (QED) is 0.800. The maximum atomic E-state index is 11.3. The van der Waals surface area contributed by atoms with Gasteiger partial charge in [-0.2, -0.15) is 0 Å². The molecule has 0 fully saturated rings. The lowest BCUT2D eigenvalue weighted by Crippen LogP contribution is -2.12. The van der Waals surface area contributed by atoms with Crippen molar-refractivity contribution in [1.29, 1.82) is 0 Å². The molecule has 0 atom stereocenters. The van der Waals surface area contributed by atoms with Crippen LogP contribution in [0.5, 0.6) is 0 Å². The number of aromatic nitrogens is 3. The Kier molecular flexibility index (Phi) is 3.96. The van der Waals surface area contributed by atoms with E-state index in [1.165, 1.54) is 18.7 Å². The Labute approximate surface area is 113 Å². The van der Waals surface area contributed by atoms with Crippen molar-refractivity contribution in [1.82, 2.24) is 15.2 Å². The Balaban J connectivity index is 2.28. The molecule has 2 aromatic rings. The molecule has 0 aliphatic heterocycles. The van der Waals surface area contributed by atoms with Crippen molar-refractivity contribution in [2.45, 2.75) is 12.1 Å². The van der Waals surface area contributed by atoms with Crippen LogP contribution >= 0.6 is 11.8 Å². The van der Waals surface area contributed by atoms with Crippen molar-refractivity contribution >= 4 is 23.5 Å². The van der Waals surface area contributed by atoms with E-state index in [0.29, 0.717) is 27.9 Å². The number of carbonyl (C=O) groups is 2. The molecule has 1 aromatic carbocycles. The molecule has 0 aliphatic carbocycles. The van der Waals surface area contributed by atoms with Gasteiger partial charge in [0.05, 0.1) is 11.3 Å². The lowest BCUT2D eigenvalue weighted by Gasteiger charge is -2.01. The van der Waals surface area contributed by atoms with E-state index < -0.39 is 5.91 Å². The number of aromatic amines is 1. The number of rotatable bonds is 5. The molecule has 19 heavy (non-hydrogen) atoms. The maximum absolute atomic E-state index is 11.3. The number of Topliss-reactive ketones (excluding diaryl/α,β-unsaturated/α-hetero) is 1. The summed E-state index contributed by atoms with van der Waals surface area (Å²) in [6.45, 7) is 1.50. The van der Waals surface area contributed by atoms with Gasteiger partial charge in [0, 0.05) is 5.56 Å². The molecule has 2 rings (SSSR count). The molecule has 1 amide bonds. The molecule has 1 aromatic heterocycles. The van der Waals surface area contributed by atoms with Crippen LogP contribution in [0.25, 0.3) is 11.4 Å². The standard InChI is InChI=1S/C12H12N4O2S/c1-7(17)6-19-12-14-11(15-16-12)9-5-3-2-4-8(9)10(13)18/h2-5H,6H2,1H3,(H2,13,18)(H,14,15,16). The molecule has 7 heteroatoms. The van der Waals surface area contributed by atoms with Crippen molar-refractivity contribution in [2.75, 3.05) is 5.75 Å². The van der Waals surface area contributed by atoms with Gasteiger partial charge in [-0.1, -0.05) is 30.0 Å². The zero-order chi connectivity index (χ0) is 13.8. The van der Waals surface area contributed by atoms with Gasteiger partial charge < -0.3 is 5.73 Å². The Hall–Kier alpha value is -2.15. The molecular formula is C12H12N4O2S. The molecule has 0 saturated carbocycles. The van der Waals surface area contributed by atoms with Gasteiger partial charge in [0.1, 0.15) is 5.78 Å². The summed E-state index contributed by atoms with van der Waals surface area (Å²) in [5, 5.41) is 7.19. The van der Waals surface area contributed by atoms with E-state index in [-0.39, 0.29) is 5.78 Å². The number of H-pyrrole nitrogens is 1. The third-order valence-corrected chi connectivity index (χ3v) is 3.31. The summed E-state index contributed by atoms with van der Waals surface area (Å²) in [7, 11) is 0. The van der Waals surface area contributed by atoms with Crippen molar-refractivity contribution in [3.8, 4) is 11.4 Å². The third kappa shape index (κ3) is 3.19. The zero-order valence-electron chi connectivity index (χ0n) is 10.2. The third-order valence-electron chi connectivity index (χ3n) is 2.32. The molecule has 0 saturated heterocycles. The van der Waals surface area contributed by atoms with Crippen molar-refractivity contribution in [2.24, 2.45) is 5.73 Å². The second-order valence-corrected chi connectivity index (χ2v) is 4.81. The zero-order valence-corrected chi connectivity index (χ0v) is 11.0. The Morgan fingerprint density at radius 1 is 1.37 bits per heavy atom. The van der Waals surface area contributed by atoms with Gasteiger partial charge in [-0.3, -0.25) is 14.7 Å². The number of carbonyl (C=O) groups excluding carboxylic acids is 2. The highest BCUT2D eigenvalue weighted by Gasteiger charge is 2.13. The van der Waals surface area contributed by atoms with Crippen LogP contribution in [0.1, 0.15) is 17.3 Å². The molecule has 6 nitrogen and oxygen atoms in total. The van der Waals surface area contributed by atoms with Crippen LogP contribution in [-0.4, -0.2) is 32.6 Å². The van der Waals surface area contributed by atoms with Crippen molar-refractivity contribution in [3.05, 3.63) is 29.8 Å². The highest BCUT2D eigenvalue weighted by atomic mass is 32.2. The first kappa shape index (κ1) is 13.3. The SMILES string of the molecule is CC(=O)CSc1n[nH]c(-c2ccccc2C(N)=O)n1. The molecule has 98 valence electrons. The topological polar surface area (TPSA) is 102 Å². The van der Waals surface area contributed by atoms with E-state index in [4.69, 9.17) is 5.73 Å². The molecule has 3 N–H and O–H groups in total. The number of nitrogens with one attached hydrogen (secondary N) is 1. The monoisotopic (exact) mass is 276 g/mol. The largest absolute Gasteiger partial charge is 0.366 e. The average molecular weight is 276 g/mol. The summed E-state index contributed by atoms with van der Waals surface area (Å²) in [5.74, 6) is 0.300. The fourth-order valence-electron chi connectivity index (χ4n) is 1.50. The summed E-state index contributed by atoms with van der Waals surface area (Å²) in [6.07, 6.45) is 0. The summed E-state index contributed by atoms with van der Waals surface area (Å²) < 4.78 is 0. The van der Waals surface area contributed by atoms with Crippen molar-refractivity contribution < 1.29 is 9.59 Å². The van der Waals surface area contributed by atoms with Crippen LogP contribution in [0.2, 0.25) is 0 Å². The predicted molar refractivity (Wildman–Crippen MR) is 71.7 cm³/mol. The minimum Gasteiger partial charge on any atom is -0.366 e. The van der Waals surface area contributed by atoms with Gasteiger partial charge in [-0.25, -0.2) is 4.98 Å². The van der Waals surface area contributed by atoms with E-state index in [0.717, 1.165) is 0 Å². The predicted octanol–water partition coefficient (Wildman–Crippen LogP) is 1.25. The molecular weight excluding hydrogens is 264 g/mol. The molecule has 0 radical (unpaired) electrons. The van der Waals surface area contributed by atoms with Crippen LogP contribution in [0.4, 0.5) is 0 Å². The summed E-state index contributed by atoms with van der Waals surface area (Å²) in [4.78, 5) is 26.4. The second-order valence-electron chi connectivity index (χ2n) is 3.87. The van der Waals surface area contributed by atoms with Crippen LogP contribution in [0.15, 0.2) is 29.4 Å². The number of primary amides is 1. The average Bonchev–Trinajstić information content (AvgIpc) is 2.85. The lowest BCUT2D eigenvalue weighted by molar-refractivity contribution is -0.114. The summed E-state index contributed by atoms with van der Waals surface area (Å²) >= 11 is 1.24. The molecule has 0 bridgehead atoms. The number of benzene rings is 1. The van der Waals surface area contributed by atoms with Gasteiger partial charge >= 0.3 is 0 Å². The molecule has 0 unspecified atom stereocenters. The smallest absolute Gasteiger partial charge is 0.249 e. The van der Waals surface area contributed by atoms with Crippen LogP contribution < -0.4 is 5.73 Å². The molecule has 0 spiro atoms. The van der Waals surface area contributed by atoms with Gasteiger partial charge in [0.2, 0.25) is 11.1 Å². The summed E-state index contributed by atoms with van der Waals surface area (Å²) in [6, 6.07) is 6.88. The summed E-state index contributed by atoms with van der Waals surface area (Å²) in [5.41, 5.74) is 6.28. The van der Waals surface area contributed by atoms with Crippen LogP contribution in [-0.2, 0) is 4.79 Å². The normalized spacial score (nSPS) is 10.4. The Bertz CT molecular complexity index is 624. The van der Waals surface area contributed by atoms with Crippen LogP contribution in [0.3, 0.4) is 0 Å². The Morgan fingerprint density at radius 3 is 2.79 bits per heavy atom. The first-order chi connectivity index (χ1) is 9.08. The minimum absolute atomic E-state index is 0.0499. The first-order valence-electron chi connectivity index (χ1n) is 5.52. The first-order valence-corrected chi connectivity index (χ1v) is 6.50. The fourth-order valence-corrected chi connectivity index (χ4v) is 2.10. The van der Waals surface area contributed by atoms with E-state index >= 15 is 0 Å². The van der Waals surface area contributed by atoms with Gasteiger partial charge in [0.15, 0.2) is 5.82 Å².